The third-order valence-corrected chi connectivity index (χ3v) is 4.35. The molecule has 4 nitrogen and oxygen atoms in total. The minimum atomic E-state index is 0.0703. The molecule has 1 amide bonds. The van der Waals surface area contributed by atoms with Crippen molar-refractivity contribution in [2.45, 2.75) is 32.7 Å². The molecule has 1 heterocycles. The number of carbonyl (C=O) groups excluding carboxylic acids is 1. The predicted octanol–water partition coefficient (Wildman–Crippen LogP) is 3.48. The molecule has 1 aliphatic rings. The molecule has 21 heavy (non-hydrogen) atoms. The van der Waals surface area contributed by atoms with Gasteiger partial charge in [0.1, 0.15) is 0 Å². The summed E-state index contributed by atoms with van der Waals surface area (Å²) in [6, 6.07) is 5.72. The number of rotatable bonds is 6. The van der Waals surface area contributed by atoms with Gasteiger partial charge in [0, 0.05) is 23.5 Å². The first-order valence-corrected chi connectivity index (χ1v) is 8.60. The monoisotopic (exact) mass is 355 g/mol. The van der Waals surface area contributed by atoms with Crippen LogP contribution in [0.25, 0.3) is 0 Å². The van der Waals surface area contributed by atoms with Gasteiger partial charge in [-0.2, -0.15) is 0 Å². The highest BCUT2D eigenvalue weighted by atomic mass is 79.9. The minimum absolute atomic E-state index is 0.0703. The van der Waals surface area contributed by atoms with Crippen molar-refractivity contribution >= 4 is 21.8 Å². The Balaban J connectivity index is 2.22. The lowest BCUT2D eigenvalue weighted by atomic mass is 10.1. The van der Waals surface area contributed by atoms with Gasteiger partial charge in [0.25, 0.3) is 5.91 Å². The summed E-state index contributed by atoms with van der Waals surface area (Å²) < 4.78 is 11.1. The number of benzene rings is 1. The molecule has 1 aromatic rings. The average Bonchev–Trinajstić information content (AvgIpc) is 2.97. The summed E-state index contributed by atoms with van der Waals surface area (Å²) in [6.45, 7) is 5.80. The molecule has 1 atom stereocenters. The molecule has 0 radical (unpaired) electrons. The molecule has 1 saturated heterocycles. The van der Waals surface area contributed by atoms with Gasteiger partial charge in [0.2, 0.25) is 0 Å². The van der Waals surface area contributed by atoms with Crippen LogP contribution in [0.15, 0.2) is 18.2 Å². The zero-order valence-corrected chi connectivity index (χ0v) is 14.2. The number of likely N-dealkylation sites (tertiary alicyclic amines) is 1. The number of halogens is 1. The lowest BCUT2D eigenvalue weighted by Crippen LogP contribution is -2.36. The van der Waals surface area contributed by atoms with E-state index in [1.165, 1.54) is 0 Å². The van der Waals surface area contributed by atoms with Crippen molar-refractivity contribution < 1.29 is 14.3 Å². The van der Waals surface area contributed by atoms with Crippen LogP contribution >= 0.6 is 15.9 Å². The molecule has 1 aliphatic heterocycles. The van der Waals surface area contributed by atoms with Gasteiger partial charge in [-0.1, -0.05) is 15.9 Å². The molecule has 1 unspecified atom stereocenters. The summed E-state index contributed by atoms with van der Waals surface area (Å²) in [7, 11) is 0. The molecule has 5 heteroatoms. The molecule has 0 spiro atoms. The molecule has 0 aliphatic carbocycles. The van der Waals surface area contributed by atoms with E-state index in [-0.39, 0.29) is 5.91 Å². The van der Waals surface area contributed by atoms with Gasteiger partial charge in [-0.25, -0.2) is 0 Å². The number of hydrogen-bond donors (Lipinski definition) is 0. The SMILES string of the molecule is CCOc1ccc(C(=O)N2CCCC2CBr)cc1OCC. The highest BCUT2D eigenvalue weighted by molar-refractivity contribution is 9.09. The van der Waals surface area contributed by atoms with E-state index in [2.05, 4.69) is 15.9 Å². The first kappa shape index (κ1) is 16.1. The Morgan fingerprint density at radius 2 is 2.00 bits per heavy atom. The van der Waals surface area contributed by atoms with Crippen LogP contribution in [0, 0.1) is 0 Å². The van der Waals surface area contributed by atoms with Crippen LogP contribution in [0.1, 0.15) is 37.0 Å². The van der Waals surface area contributed by atoms with Crippen LogP contribution in [-0.4, -0.2) is 41.9 Å². The highest BCUT2D eigenvalue weighted by Crippen LogP contribution is 2.30. The molecular formula is C16H22BrNO3. The van der Waals surface area contributed by atoms with E-state index in [0.717, 1.165) is 24.7 Å². The molecule has 0 aromatic heterocycles. The molecule has 0 N–H and O–H groups in total. The van der Waals surface area contributed by atoms with Crippen LogP contribution in [0.5, 0.6) is 11.5 Å². The van der Waals surface area contributed by atoms with Crippen LogP contribution in [0.3, 0.4) is 0 Å². The van der Waals surface area contributed by atoms with E-state index < -0.39 is 0 Å². The fourth-order valence-electron chi connectivity index (χ4n) is 2.61. The lowest BCUT2D eigenvalue weighted by molar-refractivity contribution is 0.0750. The molecule has 0 saturated carbocycles. The van der Waals surface area contributed by atoms with Crippen molar-refractivity contribution in [3.63, 3.8) is 0 Å². The smallest absolute Gasteiger partial charge is 0.254 e. The van der Waals surface area contributed by atoms with Crippen LogP contribution < -0.4 is 9.47 Å². The summed E-state index contributed by atoms with van der Waals surface area (Å²) in [5.74, 6) is 1.40. The molecule has 116 valence electrons. The van der Waals surface area contributed by atoms with Crippen LogP contribution in [0.4, 0.5) is 0 Å². The van der Waals surface area contributed by atoms with E-state index in [1.807, 2.05) is 30.9 Å². The Bertz CT molecular complexity index is 492. The predicted molar refractivity (Wildman–Crippen MR) is 86.6 cm³/mol. The Hall–Kier alpha value is -1.23. The third-order valence-electron chi connectivity index (χ3n) is 3.61. The maximum absolute atomic E-state index is 12.7. The maximum atomic E-state index is 12.7. The standard InChI is InChI=1S/C16H22BrNO3/c1-3-20-14-8-7-12(10-15(14)21-4-2)16(19)18-9-5-6-13(18)11-17/h7-8,10,13H,3-6,9,11H2,1-2H3. The van der Waals surface area contributed by atoms with Crippen molar-refractivity contribution in [2.24, 2.45) is 0 Å². The number of amides is 1. The van der Waals surface area contributed by atoms with Gasteiger partial charge in [0.05, 0.1) is 13.2 Å². The molecule has 2 rings (SSSR count). The highest BCUT2D eigenvalue weighted by Gasteiger charge is 2.28. The van der Waals surface area contributed by atoms with Crippen LogP contribution in [-0.2, 0) is 0 Å². The second kappa shape index (κ2) is 7.69. The number of nitrogens with zero attached hydrogens (tertiary/aromatic N) is 1. The van der Waals surface area contributed by atoms with Crippen molar-refractivity contribution in [1.82, 2.24) is 4.90 Å². The minimum Gasteiger partial charge on any atom is -0.490 e. The van der Waals surface area contributed by atoms with Crippen molar-refractivity contribution in [2.75, 3.05) is 25.1 Å². The number of ether oxygens (including phenoxy) is 2. The first-order chi connectivity index (χ1) is 10.2. The van der Waals surface area contributed by atoms with Crippen molar-refractivity contribution in [3.05, 3.63) is 23.8 Å². The topological polar surface area (TPSA) is 38.8 Å². The van der Waals surface area contributed by atoms with Gasteiger partial charge in [0.15, 0.2) is 11.5 Å². The third kappa shape index (κ3) is 3.70. The molecular weight excluding hydrogens is 334 g/mol. The Kier molecular flexibility index (Phi) is 5.91. The fraction of sp³-hybridized carbons (Fsp3) is 0.562. The summed E-state index contributed by atoms with van der Waals surface area (Å²) in [5.41, 5.74) is 0.662. The maximum Gasteiger partial charge on any atom is 0.254 e. The van der Waals surface area contributed by atoms with E-state index in [1.54, 1.807) is 6.07 Å². The lowest BCUT2D eigenvalue weighted by Gasteiger charge is -2.23. The summed E-state index contributed by atoms with van der Waals surface area (Å²) >= 11 is 3.49. The van der Waals surface area contributed by atoms with Gasteiger partial charge in [-0.05, 0) is 44.9 Å². The zero-order chi connectivity index (χ0) is 15.2. The summed E-state index contributed by atoms with van der Waals surface area (Å²) in [6.07, 6.45) is 2.13. The van der Waals surface area contributed by atoms with Crippen molar-refractivity contribution in [3.8, 4) is 11.5 Å². The molecule has 1 fully saturated rings. The van der Waals surface area contributed by atoms with Crippen LogP contribution in [0.2, 0.25) is 0 Å². The van der Waals surface area contributed by atoms with Gasteiger partial charge >= 0.3 is 0 Å². The second-order valence-corrected chi connectivity index (χ2v) is 5.62. The number of alkyl halides is 1. The number of hydrogen-bond acceptors (Lipinski definition) is 3. The van der Waals surface area contributed by atoms with E-state index in [0.29, 0.717) is 36.3 Å². The van der Waals surface area contributed by atoms with Gasteiger partial charge in [-0.15, -0.1) is 0 Å². The zero-order valence-electron chi connectivity index (χ0n) is 12.6. The van der Waals surface area contributed by atoms with Crippen molar-refractivity contribution in [1.29, 1.82) is 0 Å². The Labute approximate surface area is 134 Å². The summed E-state index contributed by atoms with van der Waals surface area (Å²) in [4.78, 5) is 14.6. The molecule has 1 aromatic carbocycles. The Morgan fingerprint density at radius 1 is 1.29 bits per heavy atom. The number of carbonyl (C=O) groups is 1. The van der Waals surface area contributed by atoms with E-state index >= 15 is 0 Å². The second-order valence-electron chi connectivity index (χ2n) is 4.98. The first-order valence-electron chi connectivity index (χ1n) is 7.47. The van der Waals surface area contributed by atoms with E-state index in [9.17, 15) is 4.79 Å². The largest absolute Gasteiger partial charge is 0.490 e. The summed E-state index contributed by atoms with van der Waals surface area (Å²) in [5, 5.41) is 0.827. The van der Waals surface area contributed by atoms with E-state index in [4.69, 9.17) is 9.47 Å². The quantitative estimate of drug-likeness (QED) is 0.733. The van der Waals surface area contributed by atoms with Gasteiger partial charge < -0.3 is 14.4 Å². The normalized spacial score (nSPS) is 17.9. The molecule has 0 bridgehead atoms. The average molecular weight is 356 g/mol. The van der Waals surface area contributed by atoms with Gasteiger partial charge in [-0.3, -0.25) is 4.79 Å². The fourth-order valence-corrected chi connectivity index (χ4v) is 3.29. The Morgan fingerprint density at radius 3 is 2.67 bits per heavy atom.